The number of rotatable bonds is 6. The van der Waals surface area contributed by atoms with Gasteiger partial charge in [0.05, 0.1) is 0 Å². The zero-order valence-electron chi connectivity index (χ0n) is 15.1. The molecule has 0 amide bonds. The van der Waals surface area contributed by atoms with Gasteiger partial charge in [0, 0.05) is 18.6 Å². The molecule has 2 heteroatoms. The Kier molecular flexibility index (Phi) is 6.14. The molecule has 0 radical (unpaired) electrons. The first-order valence-electron chi connectivity index (χ1n) is 9.35. The molecule has 0 bridgehead atoms. The number of nitrogens with zero attached hydrogens (tertiary/aromatic N) is 1. The van der Waals surface area contributed by atoms with Crippen LogP contribution in [-0.4, -0.2) is 37.1 Å². The highest BCUT2D eigenvalue weighted by atomic mass is 15.2. The molecule has 0 aliphatic heterocycles. The van der Waals surface area contributed by atoms with Crippen LogP contribution in [0.4, 0.5) is 0 Å². The van der Waals surface area contributed by atoms with Gasteiger partial charge in [-0.25, -0.2) is 0 Å². The summed E-state index contributed by atoms with van der Waals surface area (Å²) in [7, 11) is 2.38. The highest BCUT2D eigenvalue weighted by Crippen LogP contribution is 2.40. The average molecular weight is 295 g/mol. The van der Waals surface area contributed by atoms with Crippen LogP contribution in [-0.2, 0) is 0 Å². The number of likely N-dealkylation sites (N-methyl/N-ethyl adjacent to an activating group) is 1. The van der Waals surface area contributed by atoms with Gasteiger partial charge in [0.25, 0.3) is 0 Å². The lowest BCUT2D eigenvalue weighted by Crippen LogP contribution is -2.54. The summed E-state index contributed by atoms with van der Waals surface area (Å²) < 4.78 is 0. The fourth-order valence-corrected chi connectivity index (χ4v) is 4.21. The van der Waals surface area contributed by atoms with Gasteiger partial charge >= 0.3 is 0 Å². The summed E-state index contributed by atoms with van der Waals surface area (Å²) in [5.74, 6) is 1.86. The van der Waals surface area contributed by atoms with Crippen LogP contribution in [0.1, 0.15) is 72.6 Å². The van der Waals surface area contributed by atoms with Gasteiger partial charge in [-0.3, -0.25) is 0 Å². The summed E-state index contributed by atoms with van der Waals surface area (Å²) in [6.45, 7) is 12.1. The van der Waals surface area contributed by atoms with Crippen LogP contribution in [0.15, 0.2) is 0 Å². The van der Waals surface area contributed by atoms with E-state index in [2.05, 4.69) is 45.0 Å². The average Bonchev–Trinajstić information content (AvgIpc) is 2.39. The third-order valence-electron chi connectivity index (χ3n) is 6.03. The van der Waals surface area contributed by atoms with E-state index in [0.717, 1.165) is 17.9 Å². The Bertz CT molecular complexity index is 303. The molecule has 0 aromatic carbocycles. The molecule has 3 atom stereocenters. The van der Waals surface area contributed by atoms with Crippen LogP contribution < -0.4 is 5.32 Å². The Hall–Kier alpha value is -0.0800. The first kappa shape index (κ1) is 17.3. The number of hydrogen-bond donors (Lipinski definition) is 1. The summed E-state index contributed by atoms with van der Waals surface area (Å²) in [5, 5.41) is 3.84. The van der Waals surface area contributed by atoms with Crippen molar-refractivity contribution >= 4 is 0 Å². The second-order valence-corrected chi connectivity index (χ2v) is 8.74. The molecular formula is C19H38N2. The van der Waals surface area contributed by atoms with Gasteiger partial charge in [-0.2, -0.15) is 0 Å². The predicted octanol–water partition coefficient (Wildman–Crippen LogP) is 4.30. The summed E-state index contributed by atoms with van der Waals surface area (Å²) >= 11 is 0. The largest absolute Gasteiger partial charge is 0.312 e. The van der Waals surface area contributed by atoms with E-state index >= 15 is 0 Å². The van der Waals surface area contributed by atoms with Gasteiger partial charge in [0.2, 0.25) is 0 Å². The van der Waals surface area contributed by atoms with Crippen LogP contribution in [0, 0.1) is 17.3 Å². The Morgan fingerprint density at radius 3 is 2.33 bits per heavy atom. The molecule has 2 saturated carbocycles. The van der Waals surface area contributed by atoms with E-state index in [1.807, 2.05) is 0 Å². The van der Waals surface area contributed by atoms with E-state index in [9.17, 15) is 0 Å². The minimum absolute atomic E-state index is 0.464. The monoisotopic (exact) mass is 294 g/mol. The van der Waals surface area contributed by atoms with E-state index in [-0.39, 0.29) is 0 Å². The molecular weight excluding hydrogens is 256 g/mol. The maximum atomic E-state index is 3.84. The van der Waals surface area contributed by atoms with Crippen LogP contribution in [0.3, 0.4) is 0 Å². The Balaban J connectivity index is 1.96. The topological polar surface area (TPSA) is 15.3 Å². The second kappa shape index (κ2) is 7.46. The predicted molar refractivity (Wildman–Crippen MR) is 92.6 cm³/mol. The standard InChI is InChI=1S/C19H38N2/c1-6-12-20-17-11-10-16(19(2,3)4)13-18(17)21(5)14-15-8-7-9-15/h15-18,20H,6-14H2,1-5H3. The van der Waals surface area contributed by atoms with Crippen molar-refractivity contribution in [2.75, 3.05) is 20.1 Å². The lowest BCUT2D eigenvalue weighted by Gasteiger charge is -2.47. The van der Waals surface area contributed by atoms with E-state index in [1.54, 1.807) is 0 Å². The fraction of sp³-hybridized carbons (Fsp3) is 1.00. The van der Waals surface area contributed by atoms with Gasteiger partial charge in [-0.1, -0.05) is 34.1 Å². The van der Waals surface area contributed by atoms with Gasteiger partial charge in [-0.05, 0) is 69.4 Å². The number of hydrogen-bond acceptors (Lipinski definition) is 2. The summed E-state index contributed by atoms with van der Waals surface area (Å²) in [6, 6.07) is 1.46. The Labute approximate surface area is 133 Å². The van der Waals surface area contributed by atoms with Gasteiger partial charge < -0.3 is 10.2 Å². The van der Waals surface area contributed by atoms with Crippen molar-refractivity contribution in [3.8, 4) is 0 Å². The maximum Gasteiger partial charge on any atom is 0.0249 e. The molecule has 2 nitrogen and oxygen atoms in total. The quantitative estimate of drug-likeness (QED) is 0.785. The molecule has 21 heavy (non-hydrogen) atoms. The minimum atomic E-state index is 0.464. The van der Waals surface area contributed by atoms with Gasteiger partial charge in [-0.15, -0.1) is 0 Å². The first-order chi connectivity index (χ1) is 9.91. The normalized spacial score (nSPS) is 31.4. The van der Waals surface area contributed by atoms with Crippen molar-refractivity contribution in [2.45, 2.75) is 84.7 Å². The molecule has 2 aliphatic carbocycles. The summed E-state index contributed by atoms with van der Waals surface area (Å²) in [4.78, 5) is 2.70. The lowest BCUT2D eigenvalue weighted by atomic mass is 9.69. The Morgan fingerprint density at radius 1 is 1.10 bits per heavy atom. The summed E-state index contributed by atoms with van der Waals surface area (Å²) in [5.41, 5.74) is 0.464. The van der Waals surface area contributed by atoms with Crippen molar-refractivity contribution < 1.29 is 0 Å². The van der Waals surface area contributed by atoms with Crippen LogP contribution in [0.5, 0.6) is 0 Å². The van der Waals surface area contributed by atoms with Crippen molar-refractivity contribution in [2.24, 2.45) is 17.3 Å². The van der Waals surface area contributed by atoms with Crippen LogP contribution >= 0.6 is 0 Å². The lowest BCUT2D eigenvalue weighted by molar-refractivity contribution is 0.0557. The Morgan fingerprint density at radius 2 is 1.81 bits per heavy atom. The van der Waals surface area contributed by atoms with Gasteiger partial charge in [0.1, 0.15) is 0 Å². The third-order valence-corrected chi connectivity index (χ3v) is 6.03. The minimum Gasteiger partial charge on any atom is -0.312 e. The van der Waals surface area contributed by atoms with Crippen molar-refractivity contribution in [3.05, 3.63) is 0 Å². The summed E-state index contributed by atoms with van der Waals surface area (Å²) in [6.07, 6.45) is 9.79. The van der Waals surface area contributed by atoms with E-state index in [1.165, 1.54) is 58.0 Å². The van der Waals surface area contributed by atoms with Gasteiger partial charge in [0.15, 0.2) is 0 Å². The van der Waals surface area contributed by atoms with Crippen LogP contribution in [0.25, 0.3) is 0 Å². The molecule has 0 spiro atoms. The molecule has 0 saturated heterocycles. The van der Waals surface area contributed by atoms with Crippen molar-refractivity contribution in [1.82, 2.24) is 10.2 Å². The van der Waals surface area contributed by atoms with E-state index < -0.39 is 0 Å². The van der Waals surface area contributed by atoms with Crippen molar-refractivity contribution in [1.29, 1.82) is 0 Å². The first-order valence-corrected chi connectivity index (χ1v) is 9.35. The second-order valence-electron chi connectivity index (χ2n) is 8.74. The SMILES string of the molecule is CCCNC1CCC(C(C)(C)C)CC1N(C)CC1CCC1. The molecule has 3 unspecified atom stereocenters. The third kappa shape index (κ3) is 4.69. The highest BCUT2D eigenvalue weighted by molar-refractivity contribution is 4.94. The van der Waals surface area contributed by atoms with E-state index in [4.69, 9.17) is 0 Å². The molecule has 0 aromatic heterocycles. The molecule has 2 rings (SSSR count). The smallest absolute Gasteiger partial charge is 0.0249 e. The fourth-order valence-electron chi connectivity index (χ4n) is 4.21. The van der Waals surface area contributed by atoms with E-state index in [0.29, 0.717) is 11.5 Å². The van der Waals surface area contributed by atoms with Crippen molar-refractivity contribution in [3.63, 3.8) is 0 Å². The zero-order valence-corrected chi connectivity index (χ0v) is 15.1. The maximum absolute atomic E-state index is 3.84. The molecule has 1 N–H and O–H groups in total. The molecule has 0 aromatic rings. The highest BCUT2D eigenvalue weighted by Gasteiger charge is 2.38. The number of nitrogens with one attached hydrogen (secondary N) is 1. The molecule has 0 heterocycles. The van der Waals surface area contributed by atoms with Crippen LogP contribution in [0.2, 0.25) is 0 Å². The molecule has 124 valence electrons. The zero-order chi connectivity index (χ0) is 15.5. The molecule has 2 fully saturated rings. The molecule has 2 aliphatic rings.